The standard InChI is InChI=1S/C18H16N4O3S/c19-17(24)16(23)14(9-13-7-4-8-26-13)21-18(25)15-10-20-11-22(15)12-5-2-1-3-6-12/h1-8,10-11,14H,9H2,(H2,19,24)(H,21,25). The van der Waals surface area contributed by atoms with Crippen molar-refractivity contribution in [2.24, 2.45) is 5.73 Å². The maximum atomic E-state index is 12.7. The lowest BCUT2D eigenvalue weighted by Crippen LogP contribution is -2.47. The van der Waals surface area contributed by atoms with Crippen LogP contribution < -0.4 is 11.1 Å². The SMILES string of the molecule is NC(=O)C(=O)C(Cc1cccs1)NC(=O)c1cncn1-c1ccccc1. The van der Waals surface area contributed by atoms with Crippen molar-refractivity contribution in [1.82, 2.24) is 14.9 Å². The van der Waals surface area contributed by atoms with Gasteiger partial charge in [0.05, 0.1) is 12.5 Å². The second-order valence-electron chi connectivity index (χ2n) is 5.52. The van der Waals surface area contributed by atoms with Crippen LogP contribution in [0.25, 0.3) is 5.69 Å². The molecule has 3 rings (SSSR count). The monoisotopic (exact) mass is 368 g/mol. The molecule has 1 unspecified atom stereocenters. The van der Waals surface area contributed by atoms with E-state index in [1.54, 1.807) is 4.57 Å². The van der Waals surface area contributed by atoms with Gasteiger partial charge in [-0.1, -0.05) is 24.3 Å². The smallest absolute Gasteiger partial charge is 0.287 e. The molecule has 0 fully saturated rings. The number of carbonyl (C=O) groups is 3. The van der Waals surface area contributed by atoms with Gasteiger partial charge in [-0.05, 0) is 23.6 Å². The summed E-state index contributed by atoms with van der Waals surface area (Å²) in [6.45, 7) is 0. The minimum absolute atomic E-state index is 0.199. The number of carbonyl (C=O) groups excluding carboxylic acids is 3. The van der Waals surface area contributed by atoms with Crippen LogP contribution in [-0.4, -0.2) is 33.2 Å². The van der Waals surface area contributed by atoms with Crippen molar-refractivity contribution in [3.05, 3.63) is 70.9 Å². The van der Waals surface area contributed by atoms with Crippen molar-refractivity contribution in [1.29, 1.82) is 0 Å². The molecule has 7 nitrogen and oxygen atoms in total. The third kappa shape index (κ3) is 3.86. The quantitative estimate of drug-likeness (QED) is 0.614. The van der Waals surface area contributed by atoms with E-state index in [9.17, 15) is 14.4 Å². The number of aromatic nitrogens is 2. The molecule has 0 aliphatic heterocycles. The highest BCUT2D eigenvalue weighted by Crippen LogP contribution is 2.14. The number of ketones is 1. The number of primary amides is 1. The number of imidazole rings is 1. The first-order valence-electron chi connectivity index (χ1n) is 7.81. The minimum Gasteiger partial charge on any atom is -0.363 e. The fourth-order valence-corrected chi connectivity index (χ4v) is 3.25. The number of benzene rings is 1. The first-order valence-corrected chi connectivity index (χ1v) is 8.69. The summed E-state index contributed by atoms with van der Waals surface area (Å²) in [6, 6.07) is 11.8. The van der Waals surface area contributed by atoms with Crippen molar-refractivity contribution < 1.29 is 14.4 Å². The van der Waals surface area contributed by atoms with Gasteiger partial charge >= 0.3 is 0 Å². The lowest BCUT2D eigenvalue weighted by Gasteiger charge is -2.16. The van der Waals surface area contributed by atoms with Crippen LogP contribution in [0.3, 0.4) is 0 Å². The van der Waals surface area contributed by atoms with E-state index in [1.807, 2.05) is 47.8 Å². The summed E-state index contributed by atoms with van der Waals surface area (Å²) < 4.78 is 1.60. The van der Waals surface area contributed by atoms with Crippen LogP contribution in [0, 0.1) is 0 Å². The van der Waals surface area contributed by atoms with Crippen LogP contribution in [0.15, 0.2) is 60.4 Å². The predicted octanol–water partition coefficient (Wildman–Crippen LogP) is 1.33. The van der Waals surface area contributed by atoms with E-state index in [0.29, 0.717) is 0 Å². The molecule has 0 bridgehead atoms. The van der Waals surface area contributed by atoms with Gasteiger partial charge in [-0.3, -0.25) is 19.0 Å². The molecule has 3 N–H and O–H groups in total. The number of hydrogen-bond donors (Lipinski definition) is 2. The highest BCUT2D eigenvalue weighted by Gasteiger charge is 2.27. The Morgan fingerprint density at radius 2 is 1.92 bits per heavy atom. The molecule has 2 aromatic heterocycles. The Kier molecular flexibility index (Phi) is 5.23. The molecule has 1 atom stereocenters. The summed E-state index contributed by atoms with van der Waals surface area (Å²) in [5.74, 6) is -2.43. The van der Waals surface area contributed by atoms with Crippen molar-refractivity contribution in [3.8, 4) is 5.69 Å². The number of para-hydroxylation sites is 1. The molecule has 132 valence electrons. The van der Waals surface area contributed by atoms with Gasteiger partial charge in [0, 0.05) is 17.0 Å². The minimum atomic E-state index is -1.08. The topological polar surface area (TPSA) is 107 Å². The average Bonchev–Trinajstić information content (AvgIpc) is 3.32. The third-order valence-electron chi connectivity index (χ3n) is 3.76. The molecule has 8 heteroatoms. The molecular formula is C18H16N4O3S. The second-order valence-corrected chi connectivity index (χ2v) is 6.55. The number of rotatable bonds is 7. The zero-order valence-corrected chi connectivity index (χ0v) is 14.5. The van der Waals surface area contributed by atoms with Crippen LogP contribution in [0.1, 0.15) is 15.4 Å². The maximum absolute atomic E-state index is 12.7. The van der Waals surface area contributed by atoms with Crippen LogP contribution in [-0.2, 0) is 16.0 Å². The number of hydrogen-bond acceptors (Lipinski definition) is 5. The molecule has 0 saturated heterocycles. The first kappa shape index (κ1) is 17.6. The van der Waals surface area contributed by atoms with Crippen LogP contribution in [0.4, 0.5) is 0 Å². The molecule has 0 aliphatic carbocycles. The van der Waals surface area contributed by atoms with Crippen LogP contribution in [0.2, 0.25) is 0 Å². The Balaban J connectivity index is 1.83. The van der Waals surface area contributed by atoms with Gasteiger partial charge in [0.2, 0.25) is 5.78 Å². The number of nitrogens with zero attached hydrogens (tertiary/aromatic N) is 2. The van der Waals surface area contributed by atoms with E-state index < -0.39 is 23.6 Å². The average molecular weight is 368 g/mol. The number of nitrogens with two attached hydrogens (primary N) is 1. The number of nitrogens with one attached hydrogen (secondary N) is 1. The summed E-state index contributed by atoms with van der Waals surface area (Å²) in [5, 5.41) is 4.46. The van der Waals surface area contributed by atoms with Crippen molar-refractivity contribution >= 4 is 28.9 Å². The summed E-state index contributed by atoms with van der Waals surface area (Å²) in [7, 11) is 0. The Labute approximate surface area is 153 Å². The Morgan fingerprint density at radius 1 is 1.15 bits per heavy atom. The fourth-order valence-electron chi connectivity index (χ4n) is 2.50. The van der Waals surface area contributed by atoms with Gasteiger partial charge < -0.3 is 11.1 Å². The van der Waals surface area contributed by atoms with E-state index in [4.69, 9.17) is 5.73 Å². The number of thiophene rings is 1. The van der Waals surface area contributed by atoms with E-state index in [2.05, 4.69) is 10.3 Å². The Hall–Kier alpha value is -3.26. The molecule has 0 spiro atoms. The van der Waals surface area contributed by atoms with Crippen LogP contribution in [0.5, 0.6) is 0 Å². The van der Waals surface area contributed by atoms with Crippen molar-refractivity contribution in [3.63, 3.8) is 0 Å². The maximum Gasteiger partial charge on any atom is 0.287 e. The molecule has 3 aromatic rings. The Bertz CT molecular complexity index is 919. The van der Waals surface area contributed by atoms with Gasteiger partial charge in [0.25, 0.3) is 11.8 Å². The zero-order valence-electron chi connectivity index (χ0n) is 13.7. The van der Waals surface area contributed by atoms with E-state index in [1.165, 1.54) is 23.9 Å². The summed E-state index contributed by atoms with van der Waals surface area (Å²) in [6.07, 6.45) is 3.11. The number of amides is 2. The van der Waals surface area contributed by atoms with Gasteiger partial charge in [-0.25, -0.2) is 4.98 Å². The van der Waals surface area contributed by atoms with E-state index >= 15 is 0 Å². The molecule has 2 heterocycles. The van der Waals surface area contributed by atoms with Gasteiger partial charge in [0.15, 0.2) is 0 Å². The highest BCUT2D eigenvalue weighted by molar-refractivity contribution is 7.09. The van der Waals surface area contributed by atoms with Crippen molar-refractivity contribution in [2.75, 3.05) is 0 Å². The molecule has 2 amide bonds. The molecule has 0 aliphatic rings. The lowest BCUT2D eigenvalue weighted by molar-refractivity contribution is -0.137. The largest absolute Gasteiger partial charge is 0.363 e. The molecule has 0 saturated carbocycles. The molecule has 0 radical (unpaired) electrons. The Morgan fingerprint density at radius 3 is 2.58 bits per heavy atom. The first-order chi connectivity index (χ1) is 12.6. The predicted molar refractivity (Wildman–Crippen MR) is 97.0 cm³/mol. The second kappa shape index (κ2) is 7.75. The third-order valence-corrected chi connectivity index (χ3v) is 4.65. The van der Waals surface area contributed by atoms with Crippen LogP contribution >= 0.6 is 11.3 Å². The highest BCUT2D eigenvalue weighted by atomic mass is 32.1. The van der Waals surface area contributed by atoms with Crippen molar-refractivity contribution in [2.45, 2.75) is 12.5 Å². The molecule has 26 heavy (non-hydrogen) atoms. The zero-order chi connectivity index (χ0) is 18.5. The molecule has 1 aromatic carbocycles. The van der Waals surface area contributed by atoms with Gasteiger partial charge in [-0.15, -0.1) is 11.3 Å². The molecular weight excluding hydrogens is 352 g/mol. The van der Waals surface area contributed by atoms with E-state index in [-0.39, 0.29) is 12.1 Å². The van der Waals surface area contributed by atoms with Gasteiger partial charge in [-0.2, -0.15) is 0 Å². The fraction of sp³-hybridized carbons (Fsp3) is 0.111. The number of Topliss-reactive ketones (excluding diaryl/α,β-unsaturated/α-hetero) is 1. The normalized spacial score (nSPS) is 11.7. The van der Waals surface area contributed by atoms with E-state index in [0.717, 1.165) is 10.6 Å². The summed E-state index contributed by atoms with van der Waals surface area (Å²) in [5.41, 5.74) is 6.14. The van der Waals surface area contributed by atoms with Gasteiger partial charge in [0.1, 0.15) is 11.7 Å². The summed E-state index contributed by atoms with van der Waals surface area (Å²) >= 11 is 1.43. The summed E-state index contributed by atoms with van der Waals surface area (Å²) in [4.78, 5) is 41.0. The lowest BCUT2D eigenvalue weighted by atomic mass is 10.1.